The number of nitrogens with two attached hydrogens (primary N) is 1. The van der Waals surface area contributed by atoms with Gasteiger partial charge in [-0.1, -0.05) is 42.5 Å². The first-order valence-electron chi connectivity index (χ1n) is 6.30. The Bertz CT molecular complexity index is 565. The Morgan fingerprint density at radius 2 is 1.83 bits per heavy atom. The summed E-state index contributed by atoms with van der Waals surface area (Å²) in [6.45, 7) is 2.14. The van der Waals surface area contributed by atoms with Gasteiger partial charge in [-0.2, -0.15) is 0 Å². The third-order valence-electron chi connectivity index (χ3n) is 3.72. The topological polar surface area (TPSA) is 26.0 Å². The molecule has 0 fully saturated rings. The van der Waals surface area contributed by atoms with Crippen molar-refractivity contribution >= 4 is 11.8 Å². The van der Waals surface area contributed by atoms with Gasteiger partial charge in [0.25, 0.3) is 0 Å². The van der Waals surface area contributed by atoms with E-state index in [1.807, 2.05) is 11.8 Å². The predicted molar refractivity (Wildman–Crippen MR) is 78.0 cm³/mol. The van der Waals surface area contributed by atoms with Gasteiger partial charge in [0.2, 0.25) is 0 Å². The van der Waals surface area contributed by atoms with Crippen molar-refractivity contribution in [2.75, 3.05) is 5.75 Å². The largest absolute Gasteiger partial charge is 0.323 e. The molecule has 2 atom stereocenters. The Balaban J connectivity index is 1.96. The van der Waals surface area contributed by atoms with Crippen LogP contribution in [0.25, 0.3) is 0 Å². The normalized spacial score (nSPS) is 19.6. The SMILES string of the molecule is Cc1ccccc1C(N)C1CSc2ccccc21. The maximum Gasteiger partial charge on any atom is 0.0375 e. The molecule has 0 amide bonds. The third kappa shape index (κ3) is 1.96. The molecule has 2 aromatic carbocycles. The third-order valence-corrected chi connectivity index (χ3v) is 4.93. The molecule has 1 aliphatic rings. The molecule has 1 heterocycles. The summed E-state index contributed by atoms with van der Waals surface area (Å²) in [7, 11) is 0. The van der Waals surface area contributed by atoms with Gasteiger partial charge in [0.15, 0.2) is 0 Å². The van der Waals surface area contributed by atoms with Gasteiger partial charge >= 0.3 is 0 Å². The number of hydrogen-bond acceptors (Lipinski definition) is 2. The Hall–Kier alpha value is -1.25. The van der Waals surface area contributed by atoms with Crippen molar-refractivity contribution in [3.63, 3.8) is 0 Å². The van der Waals surface area contributed by atoms with E-state index in [1.54, 1.807) is 0 Å². The molecule has 0 aromatic heterocycles. The van der Waals surface area contributed by atoms with E-state index in [1.165, 1.54) is 21.6 Å². The predicted octanol–water partition coefficient (Wildman–Crippen LogP) is 3.88. The molecule has 2 heteroatoms. The molecule has 18 heavy (non-hydrogen) atoms. The van der Waals surface area contributed by atoms with Crippen LogP contribution >= 0.6 is 11.8 Å². The molecule has 1 nitrogen and oxygen atoms in total. The van der Waals surface area contributed by atoms with Gasteiger partial charge in [0.05, 0.1) is 0 Å². The zero-order chi connectivity index (χ0) is 12.5. The summed E-state index contributed by atoms with van der Waals surface area (Å²) in [5.41, 5.74) is 10.5. The second-order valence-corrected chi connectivity index (χ2v) is 5.90. The average Bonchev–Trinajstić information content (AvgIpc) is 2.82. The van der Waals surface area contributed by atoms with Crippen LogP contribution in [0.1, 0.15) is 28.7 Å². The number of rotatable bonds is 2. The highest BCUT2D eigenvalue weighted by Gasteiger charge is 2.29. The number of hydrogen-bond donors (Lipinski definition) is 1. The summed E-state index contributed by atoms with van der Waals surface area (Å²) < 4.78 is 0. The van der Waals surface area contributed by atoms with Crippen molar-refractivity contribution < 1.29 is 0 Å². The van der Waals surface area contributed by atoms with E-state index in [-0.39, 0.29) is 6.04 Å². The van der Waals surface area contributed by atoms with Crippen molar-refractivity contribution in [3.8, 4) is 0 Å². The minimum absolute atomic E-state index is 0.0994. The van der Waals surface area contributed by atoms with Crippen LogP contribution in [0, 0.1) is 6.92 Å². The molecule has 3 rings (SSSR count). The maximum atomic E-state index is 6.50. The minimum Gasteiger partial charge on any atom is -0.323 e. The molecule has 2 unspecified atom stereocenters. The average molecular weight is 255 g/mol. The standard InChI is InChI=1S/C16H17NS/c1-11-6-2-3-7-12(11)16(17)14-10-18-15-9-5-4-8-13(14)15/h2-9,14,16H,10,17H2,1H3. The van der Waals surface area contributed by atoms with Crippen LogP contribution in [0.5, 0.6) is 0 Å². The zero-order valence-corrected chi connectivity index (χ0v) is 11.3. The highest BCUT2D eigenvalue weighted by Crippen LogP contribution is 2.44. The number of aryl methyl sites for hydroxylation is 1. The van der Waals surface area contributed by atoms with Crippen molar-refractivity contribution in [1.29, 1.82) is 0 Å². The van der Waals surface area contributed by atoms with Gasteiger partial charge in [0, 0.05) is 22.6 Å². The second-order valence-electron chi connectivity index (χ2n) is 4.84. The van der Waals surface area contributed by atoms with Crippen molar-refractivity contribution in [1.82, 2.24) is 0 Å². The highest BCUT2D eigenvalue weighted by molar-refractivity contribution is 7.99. The Morgan fingerprint density at radius 1 is 1.11 bits per heavy atom. The lowest BCUT2D eigenvalue weighted by molar-refractivity contribution is 0.604. The Kier molecular flexibility index (Phi) is 3.14. The first-order chi connectivity index (χ1) is 8.77. The van der Waals surface area contributed by atoms with Gasteiger partial charge in [0.1, 0.15) is 0 Å². The van der Waals surface area contributed by atoms with E-state index in [9.17, 15) is 0 Å². The summed E-state index contributed by atoms with van der Waals surface area (Å²) in [5.74, 6) is 1.53. The maximum absolute atomic E-state index is 6.50. The summed E-state index contributed by atoms with van der Waals surface area (Å²) in [6.07, 6.45) is 0. The minimum atomic E-state index is 0.0994. The molecular formula is C16H17NS. The Labute approximate surface area is 112 Å². The lowest BCUT2D eigenvalue weighted by Crippen LogP contribution is -2.20. The van der Waals surface area contributed by atoms with Crippen LogP contribution in [0.4, 0.5) is 0 Å². The quantitative estimate of drug-likeness (QED) is 0.881. The van der Waals surface area contributed by atoms with E-state index in [2.05, 4.69) is 55.5 Å². The molecule has 0 bridgehead atoms. The molecule has 0 radical (unpaired) electrons. The van der Waals surface area contributed by atoms with Gasteiger partial charge in [-0.25, -0.2) is 0 Å². The molecule has 92 valence electrons. The summed E-state index contributed by atoms with van der Waals surface area (Å²) >= 11 is 1.92. The van der Waals surface area contributed by atoms with Gasteiger partial charge < -0.3 is 5.73 Å². The van der Waals surface area contributed by atoms with Crippen LogP contribution in [0.3, 0.4) is 0 Å². The molecule has 0 spiro atoms. The first-order valence-corrected chi connectivity index (χ1v) is 7.29. The van der Waals surface area contributed by atoms with Gasteiger partial charge in [-0.3, -0.25) is 0 Å². The zero-order valence-electron chi connectivity index (χ0n) is 10.5. The van der Waals surface area contributed by atoms with Crippen LogP contribution in [0.15, 0.2) is 53.4 Å². The molecular weight excluding hydrogens is 238 g/mol. The fourth-order valence-electron chi connectivity index (χ4n) is 2.66. The highest BCUT2D eigenvalue weighted by atomic mass is 32.2. The molecule has 0 saturated heterocycles. The van der Waals surface area contributed by atoms with Crippen LogP contribution in [-0.2, 0) is 0 Å². The molecule has 1 aliphatic heterocycles. The smallest absolute Gasteiger partial charge is 0.0375 e. The lowest BCUT2D eigenvalue weighted by atomic mass is 9.87. The summed E-state index contributed by atoms with van der Waals surface area (Å²) in [5, 5.41) is 0. The van der Waals surface area contributed by atoms with Crippen LogP contribution < -0.4 is 5.73 Å². The van der Waals surface area contributed by atoms with E-state index < -0.39 is 0 Å². The van der Waals surface area contributed by atoms with Crippen molar-refractivity contribution in [2.24, 2.45) is 5.73 Å². The molecule has 0 aliphatic carbocycles. The van der Waals surface area contributed by atoms with E-state index in [4.69, 9.17) is 5.73 Å². The van der Waals surface area contributed by atoms with Gasteiger partial charge in [-0.05, 0) is 29.7 Å². The van der Waals surface area contributed by atoms with E-state index in [0.717, 1.165) is 5.75 Å². The van der Waals surface area contributed by atoms with Crippen molar-refractivity contribution in [2.45, 2.75) is 23.8 Å². The summed E-state index contributed by atoms with van der Waals surface area (Å²) in [4.78, 5) is 1.39. The second kappa shape index (κ2) is 4.79. The monoisotopic (exact) mass is 255 g/mol. The van der Waals surface area contributed by atoms with Crippen LogP contribution in [-0.4, -0.2) is 5.75 Å². The Morgan fingerprint density at radius 3 is 2.67 bits per heavy atom. The van der Waals surface area contributed by atoms with Crippen molar-refractivity contribution in [3.05, 3.63) is 65.2 Å². The number of fused-ring (bicyclic) bond motifs is 1. The fraction of sp³-hybridized carbons (Fsp3) is 0.250. The number of benzene rings is 2. The molecule has 2 N–H and O–H groups in total. The lowest BCUT2D eigenvalue weighted by Gasteiger charge is -2.21. The number of thioether (sulfide) groups is 1. The summed E-state index contributed by atoms with van der Waals surface area (Å²) in [6, 6.07) is 17.2. The van der Waals surface area contributed by atoms with E-state index >= 15 is 0 Å². The first kappa shape index (κ1) is 11.8. The molecule has 0 saturated carbocycles. The van der Waals surface area contributed by atoms with Crippen LogP contribution in [0.2, 0.25) is 0 Å². The molecule has 2 aromatic rings. The van der Waals surface area contributed by atoms with E-state index in [0.29, 0.717) is 5.92 Å². The van der Waals surface area contributed by atoms with Gasteiger partial charge in [-0.15, -0.1) is 11.8 Å². The fourth-order valence-corrected chi connectivity index (χ4v) is 3.97.